The molecule has 2 aromatic carbocycles. The number of hydrogen-bond acceptors (Lipinski definition) is 2. The van der Waals surface area contributed by atoms with Crippen LogP contribution < -0.4 is 11.3 Å². The lowest BCUT2D eigenvalue weighted by molar-refractivity contribution is 0.551. The fourth-order valence-corrected chi connectivity index (χ4v) is 2.65. The van der Waals surface area contributed by atoms with Crippen molar-refractivity contribution in [1.82, 2.24) is 5.43 Å². The van der Waals surface area contributed by atoms with Gasteiger partial charge in [-0.2, -0.15) is 0 Å². The van der Waals surface area contributed by atoms with Crippen LogP contribution in [0.15, 0.2) is 53.0 Å². The molecule has 20 heavy (non-hydrogen) atoms. The molecule has 0 aliphatic carbocycles. The molecular formula is C17H21BrN2. The standard InChI is InChI=1S/C17H21BrN2/c1-2-4-13-5-3-6-15(11-13)17(20-19)12-14-7-9-16(18)10-8-14/h3,5-11,17,20H,2,4,12,19H2,1H3. The van der Waals surface area contributed by atoms with E-state index in [2.05, 4.69) is 76.8 Å². The number of aryl methyl sites for hydroxylation is 1. The quantitative estimate of drug-likeness (QED) is 0.616. The highest BCUT2D eigenvalue weighted by molar-refractivity contribution is 9.10. The van der Waals surface area contributed by atoms with E-state index in [1.165, 1.54) is 16.7 Å². The molecule has 0 saturated carbocycles. The van der Waals surface area contributed by atoms with Gasteiger partial charge in [0.2, 0.25) is 0 Å². The maximum atomic E-state index is 5.75. The van der Waals surface area contributed by atoms with Crippen molar-refractivity contribution in [2.45, 2.75) is 32.2 Å². The van der Waals surface area contributed by atoms with Gasteiger partial charge in [-0.3, -0.25) is 11.3 Å². The first-order valence-electron chi connectivity index (χ1n) is 7.02. The number of nitrogens with one attached hydrogen (secondary N) is 1. The molecule has 0 fully saturated rings. The largest absolute Gasteiger partial charge is 0.271 e. The maximum Gasteiger partial charge on any atom is 0.0500 e. The molecule has 0 radical (unpaired) electrons. The van der Waals surface area contributed by atoms with Gasteiger partial charge in [0.25, 0.3) is 0 Å². The van der Waals surface area contributed by atoms with Crippen molar-refractivity contribution in [2.24, 2.45) is 5.84 Å². The monoisotopic (exact) mass is 332 g/mol. The summed E-state index contributed by atoms with van der Waals surface area (Å²) in [5.74, 6) is 5.75. The molecule has 0 amide bonds. The van der Waals surface area contributed by atoms with Gasteiger partial charge >= 0.3 is 0 Å². The summed E-state index contributed by atoms with van der Waals surface area (Å²) in [7, 11) is 0. The number of halogens is 1. The number of benzene rings is 2. The number of nitrogens with two attached hydrogens (primary N) is 1. The summed E-state index contributed by atoms with van der Waals surface area (Å²) >= 11 is 3.46. The number of hydrogen-bond donors (Lipinski definition) is 2. The van der Waals surface area contributed by atoms with Gasteiger partial charge in [-0.05, 0) is 41.7 Å². The molecule has 0 aliphatic heterocycles. The van der Waals surface area contributed by atoms with Crippen LogP contribution in [0.5, 0.6) is 0 Å². The van der Waals surface area contributed by atoms with E-state index in [9.17, 15) is 0 Å². The lowest BCUT2D eigenvalue weighted by atomic mass is 9.97. The highest BCUT2D eigenvalue weighted by atomic mass is 79.9. The topological polar surface area (TPSA) is 38.0 Å². The third-order valence-electron chi connectivity index (χ3n) is 3.45. The molecule has 2 aromatic rings. The molecular weight excluding hydrogens is 312 g/mol. The van der Waals surface area contributed by atoms with Crippen LogP contribution in [0, 0.1) is 0 Å². The second-order valence-electron chi connectivity index (χ2n) is 5.04. The molecule has 2 nitrogen and oxygen atoms in total. The zero-order valence-electron chi connectivity index (χ0n) is 11.8. The van der Waals surface area contributed by atoms with Crippen LogP contribution in [-0.2, 0) is 12.8 Å². The highest BCUT2D eigenvalue weighted by Crippen LogP contribution is 2.20. The Morgan fingerprint density at radius 2 is 1.85 bits per heavy atom. The zero-order chi connectivity index (χ0) is 14.4. The Balaban J connectivity index is 2.15. The molecule has 0 bridgehead atoms. The average molecular weight is 333 g/mol. The first kappa shape index (κ1) is 15.2. The summed E-state index contributed by atoms with van der Waals surface area (Å²) in [5.41, 5.74) is 6.84. The fraction of sp³-hybridized carbons (Fsp3) is 0.294. The fourth-order valence-electron chi connectivity index (χ4n) is 2.38. The van der Waals surface area contributed by atoms with E-state index in [0.717, 1.165) is 23.7 Å². The van der Waals surface area contributed by atoms with Crippen molar-refractivity contribution in [3.05, 3.63) is 69.7 Å². The van der Waals surface area contributed by atoms with Gasteiger partial charge in [-0.25, -0.2) is 0 Å². The van der Waals surface area contributed by atoms with Crippen LogP contribution in [0.25, 0.3) is 0 Å². The van der Waals surface area contributed by atoms with Gasteiger partial charge in [-0.15, -0.1) is 0 Å². The Hall–Kier alpha value is -1.16. The van der Waals surface area contributed by atoms with Gasteiger partial charge in [0.05, 0.1) is 0 Å². The maximum absolute atomic E-state index is 5.75. The van der Waals surface area contributed by atoms with Gasteiger partial charge in [-0.1, -0.05) is 65.7 Å². The van der Waals surface area contributed by atoms with Gasteiger partial charge in [0, 0.05) is 10.5 Å². The molecule has 0 aliphatic rings. The minimum Gasteiger partial charge on any atom is -0.271 e. The molecule has 0 aromatic heterocycles. The zero-order valence-corrected chi connectivity index (χ0v) is 13.4. The van der Waals surface area contributed by atoms with Crippen LogP contribution in [0.3, 0.4) is 0 Å². The Labute approximate surface area is 129 Å². The minimum atomic E-state index is 0.146. The molecule has 0 heterocycles. The molecule has 1 unspecified atom stereocenters. The summed E-state index contributed by atoms with van der Waals surface area (Å²) in [5, 5.41) is 0. The van der Waals surface area contributed by atoms with E-state index in [4.69, 9.17) is 5.84 Å². The normalized spacial score (nSPS) is 12.3. The van der Waals surface area contributed by atoms with Crippen LogP contribution >= 0.6 is 15.9 Å². The van der Waals surface area contributed by atoms with Crippen LogP contribution in [-0.4, -0.2) is 0 Å². The summed E-state index contributed by atoms with van der Waals surface area (Å²) in [6.45, 7) is 2.20. The molecule has 106 valence electrons. The molecule has 0 saturated heterocycles. The van der Waals surface area contributed by atoms with Gasteiger partial charge in [0.1, 0.15) is 0 Å². The number of rotatable bonds is 6. The van der Waals surface area contributed by atoms with E-state index in [1.807, 2.05) is 0 Å². The molecule has 2 rings (SSSR count). The lowest BCUT2D eigenvalue weighted by Gasteiger charge is -2.17. The number of hydrazine groups is 1. The van der Waals surface area contributed by atoms with E-state index >= 15 is 0 Å². The summed E-state index contributed by atoms with van der Waals surface area (Å²) in [6, 6.07) is 17.2. The highest BCUT2D eigenvalue weighted by Gasteiger charge is 2.11. The molecule has 1 atom stereocenters. The Morgan fingerprint density at radius 1 is 1.10 bits per heavy atom. The van der Waals surface area contributed by atoms with E-state index < -0.39 is 0 Å². The first-order chi connectivity index (χ1) is 9.72. The lowest BCUT2D eigenvalue weighted by Crippen LogP contribution is -2.29. The summed E-state index contributed by atoms with van der Waals surface area (Å²) in [6.07, 6.45) is 3.17. The van der Waals surface area contributed by atoms with Crippen LogP contribution in [0.4, 0.5) is 0 Å². The molecule has 3 N–H and O–H groups in total. The van der Waals surface area contributed by atoms with Crippen molar-refractivity contribution in [2.75, 3.05) is 0 Å². The van der Waals surface area contributed by atoms with Gasteiger partial charge in [0.15, 0.2) is 0 Å². The average Bonchev–Trinajstić information content (AvgIpc) is 2.47. The summed E-state index contributed by atoms with van der Waals surface area (Å²) in [4.78, 5) is 0. The van der Waals surface area contributed by atoms with Crippen molar-refractivity contribution in [3.8, 4) is 0 Å². The van der Waals surface area contributed by atoms with Crippen molar-refractivity contribution in [1.29, 1.82) is 0 Å². The summed E-state index contributed by atoms with van der Waals surface area (Å²) < 4.78 is 1.10. The second-order valence-corrected chi connectivity index (χ2v) is 5.96. The van der Waals surface area contributed by atoms with E-state index in [1.54, 1.807) is 0 Å². The van der Waals surface area contributed by atoms with Crippen molar-refractivity contribution < 1.29 is 0 Å². The third-order valence-corrected chi connectivity index (χ3v) is 3.98. The Kier molecular flexibility index (Phi) is 5.77. The Morgan fingerprint density at radius 3 is 2.50 bits per heavy atom. The van der Waals surface area contributed by atoms with Gasteiger partial charge < -0.3 is 0 Å². The third kappa shape index (κ3) is 4.17. The first-order valence-corrected chi connectivity index (χ1v) is 7.81. The predicted octanol–water partition coefficient (Wildman–Crippen LogP) is 4.15. The molecule has 0 spiro atoms. The van der Waals surface area contributed by atoms with E-state index in [0.29, 0.717) is 0 Å². The minimum absolute atomic E-state index is 0.146. The van der Waals surface area contributed by atoms with Crippen LogP contribution in [0.1, 0.15) is 36.1 Å². The SMILES string of the molecule is CCCc1cccc(C(Cc2ccc(Br)cc2)NN)c1. The Bertz CT molecular complexity index is 537. The van der Waals surface area contributed by atoms with Crippen molar-refractivity contribution in [3.63, 3.8) is 0 Å². The molecule has 3 heteroatoms. The van der Waals surface area contributed by atoms with E-state index in [-0.39, 0.29) is 6.04 Å². The van der Waals surface area contributed by atoms with Crippen LogP contribution in [0.2, 0.25) is 0 Å². The van der Waals surface area contributed by atoms with Crippen molar-refractivity contribution >= 4 is 15.9 Å². The smallest absolute Gasteiger partial charge is 0.0500 e. The predicted molar refractivity (Wildman–Crippen MR) is 88.3 cm³/mol. The second kappa shape index (κ2) is 7.58.